The molecule has 0 bridgehead atoms. The van der Waals surface area contributed by atoms with Gasteiger partial charge in [0.05, 0.1) is 28.3 Å². The molecule has 1 aromatic heterocycles. The summed E-state index contributed by atoms with van der Waals surface area (Å²) in [5.41, 5.74) is 4.31. The smallest absolute Gasteiger partial charge is 0.283 e. The lowest BCUT2D eigenvalue weighted by Gasteiger charge is -2.21. The van der Waals surface area contributed by atoms with Crippen molar-refractivity contribution in [3.05, 3.63) is 69.7 Å². The van der Waals surface area contributed by atoms with Gasteiger partial charge < -0.3 is 4.90 Å². The molecule has 0 radical (unpaired) electrons. The Bertz CT molecular complexity index is 1840. The van der Waals surface area contributed by atoms with Crippen molar-refractivity contribution >= 4 is 87.7 Å². The van der Waals surface area contributed by atoms with Crippen molar-refractivity contribution in [3.8, 4) is 0 Å². The van der Waals surface area contributed by atoms with Crippen LogP contribution in [0, 0.1) is 0 Å². The van der Waals surface area contributed by atoms with Crippen LogP contribution in [0.1, 0.15) is 24.8 Å². The number of hydroxylamine groups is 1. The Hall–Kier alpha value is -2.23. The molecule has 0 saturated carbocycles. The lowest BCUT2D eigenvalue weighted by molar-refractivity contribution is -0.668. The Balaban J connectivity index is 1.54. The summed E-state index contributed by atoms with van der Waals surface area (Å²) in [6, 6.07) is 17.8. The Labute approximate surface area is 252 Å². The number of hydrogen-bond donors (Lipinski definition) is 2. The highest BCUT2D eigenvalue weighted by Crippen LogP contribution is 2.50. The fourth-order valence-corrected chi connectivity index (χ4v) is 8.56. The van der Waals surface area contributed by atoms with Gasteiger partial charge in [-0.2, -0.15) is 31.2 Å². The number of aromatic nitrogens is 1. The van der Waals surface area contributed by atoms with Crippen molar-refractivity contribution < 1.29 is 30.2 Å². The van der Waals surface area contributed by atoms with Crippen molar-refractivity contribution in [2.24, 2.45) is 0 Å². The molecule has 1 aliphatic heterocycles. The van der Waals surface area contributed by atoms with E-state index in [4.69, 9.17) is 15.9 Å². The maximum absolute atomic E-state index is 12.3. The zero-order chi connectivity index (χ0) is 29.2. The number of nitrogens with one attached hydrogen (secondary N) is 1. The van der Waals surface area contributed by atoms with Crippen LogP contribution >= 0.6 is 34.7 Å². The average molecular weight is 655 g/mol. The van der Waals surface area contributed by atoms with Gasteiger partial charge in [0.2, 0.25) is 5.52 Å². The number of rotatable bonds is 12. The van der Waals surface area contributed by atoms with Gasteiger partial charge in [0.25, 0.3) is 25.2 Å². The van der Waals surface area contributed by atoms with Crippen molar-refractivity contribution in [3.63, 3.8) is 0 Å². The van der Waals surface area contributed by atoms with Gasteiger partial charge >= 0.3 is 0 Å². The van der Waals surface area contributed by atoms with Crippen molar-refractivity contribution in [1.29, 1.82) is 0 Å². The molecule has 0 saturated heterocycles. The van der Waals surface area contributed by atoms with Gasteiger partial charge in [-0.15, -0.1) is 0 Å². The summed E-state index contributed by atoms with van der Waals surface area (Å²) in [6.45, 7) is 2.93. The molecule has 0 amide bonds. The Morgan fingerprint density at radius 2 is 1.88 bits per heavy atom. The highest BCUT2D eigenvalue weighted by Gasteiger charge is 2.30. The second-order valence-electron chi connectivity index (χ2n) is 9.41. The van der Waals surface area contributed by atoms with Crippen LogP contribution in [0.25, 0.3) is 27.1 Å². The monoisotopic (exact) mass is 654 g/mol. The molecule has 1 aliphatic rings. The van der Waals surface area contributed by atoms with Crippen LogP contribution in [0.4, 0.5) is 5.69 Å². The minimum atomic E-state index is -4.10. The van der Waals surface area contributed by atoms with Gasteiger partial charge in [-0.3, -0.25) is 4.55 Å². The maximum Gasteiger partial charge on any atom is 0.283 e. The van der Waals surface area contributed by atoms with Gasteiger partial charge in [-0.25, -0.2) is 0 Å². The highest BCUT2D eigenvalue weighted by molar-refractivity contribution is 8.04. The number of benzene rings is 3. The third kappa shape index (κ3) is 7.23. The lowest BCUT2D eigenvalue weighted by atomic mass is 10.1. The first-order valence-electron chi connectivity index (χ1n) is 12.9. The predicted octanol–water partition coefficient (Wildman–Crippen LogP) is 5.45. The fraction of sp³-hybridized carbons (Fsp3) is 0.296. The van der Waals surface area contributed by atoms with Crippen LogP contribution in [0.5, 0.6) is 0 Å². The molecule has 0 fully saturated rings. The zero-order valence-electron chi connectivity index (χ0n) is 22.1. The van der Waals surface area contributed by atoms with E-state index in [1.54, 1.807) is 30.0 Å². The Morgan fingerprint density at radius 1 is 1.07 bits per heavy atom. The van der Waals surface area contributed by atoms with Crippen LogP contribution in [0.15, 0.2) is 64.5 Å². The van der Waals surface area contributed by atoms with Crippen molar-refractivity contribution in [2.75, 3.05) is 29.5 Å². The summed E-state index contributed by atoms with van der Waals surface area (Å²) in [6.07, 6.45) is 2.61. The summed E-state index contributed by atoms with van der Waals surface area (Å²) >= 11 is 9.46. The quantitative estimate of drug-likeness (QED) is 0.117. The van der Waals surface area contributed by atoms with Crippen LogP contribution in [-0.4, -0.2) is 46.0 Å². The van der Waals surface area contributed by atoms with Crippen molar-refractivity contribution in [1.82, 2.24) is 5.48 Å². The number of thioether (sulfide) groups is 1. The van der Waals surface area contributed by atoms with Crippen molar-refractivity contribution in [2.45, 2.75) is 31.2 Å². The number of thiazole rings is 1. The number of hydrogen-bond acceptors (Lipinski definition) is 9. The molecule has 218 valence electrons. The van der Waals surface area contributed by atoms with E-state index in [1.165, 1.54) is 0 Å². The molecule has 2 N–H and O–H groups in total. The van der Waals surface area contributed by atoms with E-state index >= 15 is 0 Å². The molecular formula is C27H29ClN3O6S4+. The third-order valence-electron chi connectivity index (χ3n) is 6.44. The van der Waals surface area contributed by atoms with Gasteiger partial charge in [-0.1, -0.05) is 72.0 Å². The summed E-state index contributed by atoms with van der Waals surface area (Å²) in [5.74, 6) is -0.499. The first kappa shape index (κ1) is 30.2. The molecule has 0 atom stereocenters. The van der Waals surface area contributed by atoms with Gasteiger partial charge in [-0.05, 0) is 30.0 Å². The van der Waals surface area contributed by atoms with Gasteiger partial charge in [0.15, 0.2) is 6.54 Å². The number of nitrogens with zero attached hydrogens (tertiary/aromatic N) is 2. The summed E-state index contributed by atoms with van der Waals surface area (Å²) in [4.78, 5) is 3.20. The maximum atomic E-state index is 12.3. The Kier molecular flexibility index (Phi) is 9.26. The normalized spacial score (nSPS) is 14.9. The summed E-state index contributed by atoms with van der Waals surface area (Å²) < 4.78 is 64.6. The number of halogens is 1. The molecule has 5 rings (SSSR count). The zero-order valence-corrected chi connectivity index (χ0v) is 26.1. The molecule has 9 nitrogen and oxygen atoms in total. The molecule has 4 aromatic rings. The predicted molar refractivity (Wildman–Crippen MR) is 166 cm³/mol. The molecule has 0 aliphatic carbocycles. The second kappa shape index (κ2) is 12.6. The topological polar surface area (TPSA) is 117 Å². The van der Waals surface area contributed by atoms with E-state index in [-0.39, 0.29) is 17.9 Å². The number of anilines is 1. The average Bonchev–Trinajstić information content (AvgIpc) is 3.44. The first-order valence-corrected chi connectivity index (χ1v) is 18.1. The molecule has 3 aromatic carbocycles. The third-order valence-corrected chi connectivity index (χ3v) is 10.9. The van der Waals surface area contributed by atoms with E-state index in [2.05, 4.69) is 34.7 Å². The van der Waals surface area contributed by atoms with Crippen LogP contribution in [0.2, 0.25) is 5.02 Å². The van der Waals surface area contributed by atoms with Gasteiger partial charge in [0, 0.05) is 40.9 Å². The minimum Gasteiger partial charge on any atom is -0.334 e. The fourth-order valence-electron chi connectivity index (χ4n) is 4.72. The molecule has 2 heterocycles. The van der Waals surface area contributed by atoms with E-state index in [1.807, 2.05) is 41.0 Å². The first-order chi connectivity index (χ1) is 19.5. The van der Waals surface area contributed by atoms with Crippen LogP contribution < -0.4 is 14.9 Å². The van der Waals surface area contributed by atoms with Gasteiger partial charge in [0.1, 0.15) is 4.70 Å². The summed E-state index contributed by atoms with van der Waals surface area (Å²) in [5, 5.41) is 4.51. The largest absolute Gasteiger partial charge is 0.334 e. The molecule has 0 unspecified atom stereocenters. The molecular weight excluding hydrogens is 626 g/mol. The van der Waals surface area contributed by atoms with E-state index in [0.29, 0.717) is 31.1 Å². The lowest BCUT2D eigenvalue weighted by Crippen LogP contribution is -2.36. The number of fused-ring (bicyclic) bond motifs is 4. The minimum absolute atomic E-state index is 0.147. The second-order valence-corrected chi connectivity index (χ2v) is 15.2. The Morgan fingerprint density at radius 3 is 2.66 bits per heavy atom. The molecule has 41 heavy (non-hydrogen) atoms. The van der Waals surface area contributed by atoms with Crippen LogP contribution in [0.3, 0.4) is 0 Å². The number of aryl methyl sites for hydroxylation is 1. The SMILES string of the molecule is CCNOS(=O)(=O)CCCN1C(=Cc2sc3ccc(Cl)cc3[n+]2CCCS(=O)(=O)O)Sc2ccc3ccccc3c21. The van der Waals surface area contributed by atoms with Crippen LogP contribution in [-0.2, 0) is 31.1 Å². The highest BCUT2D eigenvalue weighted by atomic mass is 35.5. The summed E-state index contributed by atoms with van der Waals surface area (Å²) in [7, 11) is -7.83. The molecule has 0 spiro atoms. The molecule has 14 heteroatoms. The van der Waals surface area contributed by atoms with E-state index in [0.717, 1.165) is 41.6 Å². The van der Waals surface area contributed by atoms with E-state index in [9.17, 15) is 21.4 Å². The van der Waals surface area contributed by atoms with E-state index < -0.39 is 20.2 Å². The standard InChI is InChI=1S/C27H28ClN3O6S4/c1-2-29-37-41(35,36)16-6-14-31-26(39-24-11-9-19-7-3-4-8-21(19)27(24)31)18-25-30(13-5-15-40(32,33)34)22-17-20(28)10-12-23(22)38-25/h3-4,7-12,17-18,29H,2,5-6,13-16H2,1H3/p+1.